The number of H-pyrrole nitrogens is 1. The van der Waals surface area contributed by atoms with Crippen molar-refractivity contribution in [2.24, 2.45) is 0 Å². The van der Waals surface area contributed by atoms with Crippen molar-refractivity contribution in [3.63, 3.8) is 0 Å². The van der Waals surface area contributed by atoms with Crippen molar-refractivity contribution in [2.45, 2.75) is 6.54 Å². The van der Waals surface area contributed by atoms with Gasteiger partial charge < -0.3 is 10.3 Å². The Hall–Kier alpha value is -1.35. The van der Waals surface area contributed by atoms with Crippen LogP contribution in [0.3, 0.4) is 0 Å². The summed E-state index contributed by atoms with van der Waals surface area (Å²) in [7, 11) is 0. The van der Waals surface area contributed by atoms with Gasteiger partial charge in [0.25, 0.3) is 0 Å². The van der Waals surface area contributed by atoms with Crippen LogP contribution >= 0.6 is 34.8 Å². The van der Waals surface area contributed by atoms with Gasteiger partial charge in [0, 0.05) is 23.3 Å². The van der Waals surface area contributed by atoms with E-state index in [1.54, 1.807) is 12.1 Å². The van der Waals surface area contributed by atoms with Gasteiger partial charge >= 0.3 is 0 Å². The maximum atomic E-state index is 6.14. The molecule has 2 N–H and O–H groups in total. The Bertz CT molecular complexity index is 742. The molecule has 0 aliphatic heterocycles. The fraction of sp³-hybridized carbons (Fsp3) is 0.0667. The SMILES string of the molecule is Clc1cc(Cl)c(NCc2ccc3[nH]ccc3c2)c(Cl)c1. The lowest BCUT2D eigenvalue weighted by molar-refractivity contribution is 1.15. The van der Waals surface area contributed by atoms with Crippen LogP contribution in [-0.2, 0) is 6.54 Å². The number of aromatic nitrogens is 1. The molecule has 0 spiro atoms. The molecule has 0 radical (unpaired) electrons. The lowest BCUT2D eigenvalue weighted by Gasteiger charge is -2.11. The first kappa shape index (κ1) is 13.6. The minimum atomic E-state index is 0.519. The van der Waals surface area contributed by atoms with Gasteiger partial charge in [-0.3, -0.25) is 0 Å². The normalized spacial score (nSPS) is 10.9. The smallest absolute Gasteiger partial charge is 0.0722 e. The Morgan fingerprint density at radius 3 is 2.45 bits per heavy atom. The third kappa shape index (κ3) is 2.73. The molecule has 0 atom stereocenters. The highest BCUT2D eigenvalue weighted by atomic mass is 35.5. The number of halogens is 3. The van der Waals surface area contributed by atoms with Crippen LogP contribution < -0.4 is 5.32 Å². The van der Waals surface area contributed by atoms with Crippen molar-refractivity contribution in [3.05, 3.63) is 63.2 Å². The van der Waals surface area contributed by atoms with Gasteiger partial charge in [0.2, 0.25) is 0 Å². The molecular weight excluding hydrogens is 315 g/mol. The number of hydrogen-bond donors (Lipinski definition) is 2. The van der Waals surface area contributed by atoms with Crippen molar-refractivity contribution in [2.75, 3.05) is 5.32 Å². The number of fused-ring (bicyclic) bond motifs is 1. The summed E-state index contributed by atoms with van der Waals surface area (Å²) in [4.78, 5) is 3.17. The van der Waals surface area contributed by atoms with E-state index in [0.29, 0.717) is 27.3 Å². The van der Waals surface area contributed by atoms with E-state index in [-0.39, 0.29) is 0 Å². The van der Waals surface area contributed by atoms with Crippen LogP contribution in [0.4, 0.5) is 5.69 Å². The van der Waals surface area contributed by atoms with Crippen LogP contribution in [0.2, 0.25) is 15.1 Å². The Morgan fingerprint density at radius 2 is 1.70 bits per heavy atom. The van der Waals surface area contributed by atoms with Crippen molar-refractivity contribution in [1.29, 1.82) is 0 Å². The molecular formula is C15H11Cl3N2. The van der Waals surface area contributed by atoms with Gasteiger partial charge in [-0.1, -0.05) is 40.9 Å². The number of anilines is 1. The molecule has 3 aromatic rings. The predicted octanol–water partition coefficient (Wildman–Crippen LogP) is 5.74. The summed E-state index contributed by atoms with van der Waals surface area (Å²) >= 11 is 18.2. The molecule has 3 rings (SSSR count). The van der Waals surface area contributed by atoms with E-state index in [4.69, 9.17) is 34.8 Å². The maximum Gasteiger partial charge on any atom is 0.0722 e. The van der Waals surface area contributed by atoms with Gasteiger partial charge in [-0.2, -0.15) is 0 Å². The van der Waals surface area contributed by atoms with Crippen LogP contribution in [0.1, 0.15) is 5.56 Å². The highest BCUT2D eigenvalue weighted by Gasteiger charge is 2.07. The third-order valence-electron chi connectivity index (χ3n) is 3.09. The van der Waals surface area contributed by atoms with Crippen molar-refractivity contribution in [1.82, 2.24) is 4.98 Å². The van der Waals surface area contributed by atoms with E-state index >= 15 is 0 Å². The molecule has 0 aliphatic carbocycles. The number of aromatic amines is 1. The Morgan fingerprint density at radius 1 is 0.950 bits per heavy atom. The van der Waals surface area contributed by atoms with Gasteiger partial charge in [0.15, 0.2) is 0 Å². The molecule has 2 nitrogen and oxygen atoms in total. The molecule has 102 valence electrons. The number of nitrogens with one attached hydrogen (secondary N) is 2. The van der Waals surface area contributed by atoms with Crippen molar-refractivity contribution in [3.8, 4) is 0 Å². The van der Waals surface area contributed by atoms with E-state index in [1.807, 2.05) is 12.3 Å². The quantitative estimate of drug-likeness (QED) is 0.631. The Balaban J connectivity index is 1.82. The molecule has 0 aliphatic rings. The van der Waals surface area contributed by atoms with Gasteiger partial charge in [0.1, 0.15) is 0 Å². The first-order valence-electron chi connectivity index (χ1n) is 6.08. The van der Waals surface area contributed by atoms with E-state index in [1.165, 1.54) is 5.39 Å². The second-order valence-electron chi connectivity index (χ2n) is 4.50. The molecule has 0 saturated carbocycles. The summed E-state index contributed by atoms with van der Waals surface area (Å²) in [5.74, 6) is 0. The van der Waals surface area contributed by atoms with Gasteiger partial charge in [0.05, 0.1) is 15.7 Å². The summed E-state index contributed by atoms with van der Waals surface area (Å²) in [6, 6.07) is 11.6. The summed E-state index contributed by atoms with van der Waals surface area (Å²) in [6.07, 6.45) is 1.93. The fourth-order valence-corrected chi connectivity index (χ4v) is 3.06. The molecule has 0 saturated heterocycles. The molecule has 0 amide bonds. The van der Waals surface area contributed by atoms with Crippen LogP contribution in [0, 0.1) is 0 Å². The molecule has 1 heterocycles. The summed E-state index contributed by atoms with van der Waals surface area (Å²) in [5, 5.41) is 5.99. The van der Waals surface area contributed by atoms with Crippen LogP contribution in [0.15, 0.2) is 42.6 Å². The molecule has 0 bridgehead atoms. The monoisotopic (exact) mass is 324 g/mol. The zero-order valence-electron chi connectivity index (χ0n) is 10.4. The molecule has 0 unspecified atom stereocenters. The van der Waals surface area contributed by atoms with E-state index in [2.05, 4.69) is 28.5 Å². The largest absolute Gasteiger partial charge is 0.379 e. The third-order valence-corrected chi connectivity index (χ3v) is 3.91. The second-order valence-corrected chi connectivity index (χ2v) is 5.75. The van der Waals surface area contributed by atoms with Crippen LogP contribution in [0.25, 0.3) is 10.9 Å². The lowest BCUT2D eigenvalue weighted by Crippen LogP contribution is -2.00. The van der Waals surface area contributed by atoms with Crippen molar-refractivity contribution < 1.29 is 0 Å². The summed E-state index contributed by atoms with van der Waals surface area (Å²) < 4.78 is 0. The van der Waals surface area contributed by atoms with Crippen LogP contribution in [-0.4, -0.2) is 4.98 Å². The van der Waals surface area contributed by atoms with E-state index in [9.17, 15) is 0 Å². The average Bonchev–Trinajstić information content (AvgIpc) is 2.84. The Kier molecular flexibility index (Phi) is 3.79. The highest BCUT2D eigenvalue weighted by Crippen LogP contribution is 2.34. The number of hydrogen-bond acceptors (Lipinski definition) is 1. The predicted molar refractivity (Wildman–Crippen MR) is 87.1 cm³/mol. The molecule has 1 aromatic heterocycles. The van der Waals surface area contributed by atoms with E-state index in [0.717, 1.165) is 11.1 Å². The zero-order valence-corrected chi connectivity index (χ0v) is 12.7. The first-order valence-corrected chi connectivity index (χ1v) is 7.21. The topological polar surface area (TPSA) is 27.8 Å². The standard InChI is InChI=1S/C15H11Cl3N2/c16-11-6-12(17)15(13(18)7-11)20-8-9-1-2-14-10(5-9)3-4-19-14/h1-7,19-20H,8H2. The molecule has 0 fully saturated rings. The average molecular weight is 326 g/mol. The Labute approximate surface area is 131 Å². The number of benzene rings is 2. The van der Waals surface area contributed by atoms with Crippen molar-refractivity contribution >= 4 is 51.4 Å². The second kappa shape index (κ2) is 5.57. The number of rotatable bonds is 3. The minimum absolute atomic E-state index is 0.519. The van der Waals surface area contributed by atoms with Gasteiger partial charge in [-0.05, 0) is 41.3 Å². The molecule has 2 aromatic carbocycles. The van der Waals surface area contributed by atoms with Crippen LogP contribution in [0.5, 0.6) is 0 Å². The summed E-state index contributed by atoms with van der Waals surface area (Å²) in [6.45, 7) is 0.641. The van der Waals surface area contributed by atoms with Gasteiger partial charge in [-0.15, -0.1) is 0 Å². The highest BCUT2D eigenvalue weighted by molar-refractivity contribution is 6.41. The summed E-state index contributed by atoms with van der Waals surface area (Å²) in [5.41, 5.74) is 2.97. The minimum Gasteiger partial charge on any atom is -0.379 e. The lowest BCUT2D eigenvalue weighted by atomic mass is 10.1. The van der Waals surface area contributed by atoms with Gasteiger partial charge in [-0.25, -0.2) is 0 Å². The maximum absolute atomic E-state index is 6.14. The zero-order chi connectivity index (χ0) is 14.1. The fourth-order valence-electron chi connectivity index (χ4n) is 2.11. The molecule has 5 heteroatoms. The first-order chi connectivity index (χ1) is 9.63. The van der Waals surface area contributed by atoms with E-state index < -0.39 is 0 Å². The molecule has 20 heavy (non-hydrogen) atoms.